The summed E-state index contributed by atoms with van der Waals surface area (Å²) in [5, 5.41) is 11.0. The fourth-order valence-electron chi connectivity index (χ4n) is 3.16. The first kappa shape index (κ1) is 20.2. The maximum atomic E-state index is 12.3. The van der Waals surface area contributed by atoms with Gasteiger partial charge in [0.05, 0.1) is 10.8 Å². The van der Waals surface area contributed by atoms with Gasteiger partial charge in [-0.15, -0.1) is 0 Å². The Morgan fingerprint density at radius 2 is 1.86 bits per heavy atom. The Bertz CT molecular complexity index is 983. The standard InChI is InChI=1S/C21H20N2O6/c1-13-3-7-17(8-4-13)22-11-16(10-20(22)25)21(26)29-12-19(24)15-6-5-14(2)18(9-15)23(27)28/h3-9,16H,10-12H2,1-2H3/t16-/m0/s1. The number of esters is 1. The van der Waals surface area contributed by atoms with Crippen molar-refractivity contribution in [3.8, 4) is 0 Å². The zero-order chi connectivity index (χ0) is 21.1. The summed E-state index contributed by atoms with van der Waals surface area (Å²) in [7, 11) is 0. The van der Waals surface area contributed by atoms with Crippen LogP contribution in [0.3, 0.4) is 0 Å². The van der Waals surface area contributed by atoms with Gasteiger partial charge >= 0.3 is 5.97 Å². The van der Waals surface area contributed by atoms with E-state index in [0.29, 0.717) is 11.3 Å². The second-order valence-corrected chi connectivity index (χ2v) is 7.03. The van der Waals surface area contributed by atoms with Gasteiger partial charge in [-0.3, -0.25) is 24.5 Å². The molecule has 1 heterocycles. The van der Waals surface area contributed by atoms with E-state index >= 15 is 0 Å². The van der Waals surface area contributed by atoms with Crippen molar-refractivity contribution in [1.29, 1.82) is 0 Å². The highest BCUT2D eigenvalue weighted by Gasteiger charge is 2.36. The van der Waals surface area contributed by atoms with Gasteiger partial charge in [-0.1, -0.05) is 29.8 Å². The molecule has 1 fully saturated rings. The first-order chi connectivity index (χ1) is 13.8. The zero-order valence-corrected chi connectivity index (χ0v) is 16.1. The summed E-state index contributed by atoms with van der Waals surface area (Å²) in [6.07, 6.45) is 0.0108. The Kier molecular flexibility index (Phi) is 5.72. The first-order valence-corrected chi connectivity index (χ1v) is 9.08. The van der Waals surface area contributed by atoms with Crippen LogP contribution in [0, 0.1) is 29.9 Å². The molecule has 0 unspecified atom stereocenters. The highest BCUT2D eigenvalue weighted by molar-refractivity contribution is 6.01. The summed E-state index contributed by atoms with van der Waals surface area (Å²) in [5.74, 6) is -2.02. The second-order valence-electron chi connectivity index (χ2n) is 7.03. The van der Waals surface area contributed by atoms with Crippen LogP contribution >= 0.6 is 0 Å². The molecule has 0 bridgehead atoms. The summed E-state index contributed by atoms with van der Waals surface area (Å²) >= 11 is 0. The fraction of sp³-hybridized carbons (Fsp3) is 0.286. The smallest absolute Gasteiger partial charge is 0.311 e. The number of benzene rings is 2. The number of nitro groups is 1. The minimum Gasteiger partial charge on any atom is -0.457 e. The van der Waals surface area contributed by atoms with E-state index in [4.69, 9.17) is 4.74 Å². The molecule has 29 heavy (non-hydrogen) atoms. The molecule has 0 N–H and O–H groups in total. The SMILES string of the molecule is Cc1ccc(N2C[C@@H](C(=O)OCC(=O)c3ccc(C)c([N+](=O)[O-])c3)CC2=O)cc1. The number of carbonyl (C=O) groups is 3. The summed E-state index contributed by atoms with van der Waals surface area (Å²) in [6.45, 7) is 3.16. The van der Waals surface area contributed by atoms with Crippen molar-refractivity contribution in [3.63, 3.8) is 0 Å². The van der Waals surface area contributed by atoms with Gasteiger partial charge in [0.15, 0.2) is 6.61 Å². The molecule has 8 heteroatoms. The van der Waals surface area contributed by atoms with Crippen molar-refractivity contribution in [2.24, 2.45) is 5.92 Å². The Hall–Kier alpha value is -3.55. The summed E-state index contributed by atoms with van der Waals surface area (Å²) in [4.78, 5) is 48.8. The molecule has 150 valence electrons. The highest BCUT2D eigenvalue weighted by atomic mass is 16.6. The number of amides is 1. The molecule has 8 nitrogen and oxygen atoms in total. The zero-order valence-electron chi connectivity index (χ0n) is 16.1. The summed E-state index contributed by atoms with van der Waals surface area (Å²) < 4.78 is 5.09. The van der Waals surface area contributed by atoms with Crippen LogP contribution in [0.2, 0.25) is 0 Å². The number of carbonyl (C=O) groups excluding carboxylic acids is 3. The first-order valence-electron chi connectivity index (χ1n) is 9.08. The van der Waals surface area contributed by atoms with Crippen molar-refractivity contribution in [1.82, 2.24) is 0 Å². The maximum Gasteiger partial charge on any atom is 0.311 e. The molecule has 3 rings (SSSR count). The van der Waals surface area contributed by atoms with Crippen LogP contribution in [-0.2, 0) is 14.3 Å². The summed E-state index contributed by atoms with van der Waals surface area (Å²) in [5.41, 5.74) is 2.13. The normalized spacial score (nSPS) is 16.0. The average molecular weight is 396 g/mol. The summed E-state index contributed by atoms with van der Waals surface area (Å²) in [6, 6.07) is 11.5. The molecule has 1 atom stereocenters. The molecule has 0 saturated carbocycles. The van der Waals surface area contributed by atoms with E-state index in [9.17, 15) is 24.5 Å². The highest BCUT2D eigenvalue weighted by Crippen LogP contribution is 2.26. The molecule has 0 radical (unpaired) electrons. The predicted octanol–water partition coefficient (Wildman–Crippen LogP) is 2.99. The number of anilines is 1. The van der Waals surface area contributed by atoms with Gasteiger partial charge in [0.1, 0.15) is 0 Å². The third-order valence-electron chi connectivity index (χ3n) is 4.88. The minimum absolute atomic E-state index is 0.0108. The van der Waals surface area contributed by atoms with E-state index in [0.717, 1.165) is 5.56 Å². The lowest BCUT2D eigenvalue weighted by molar-refractivity contribution is -0.385. The van der Waals surface area contributed by atoms with E-state index < -0.39 is 29.2 Å². The third kappa shape index (κ3) is 4.48. The van der Waals surface area contributed by atoms with Gasteiger partial charge in [0, 0.05) is 35.8 Å². The number of nitrogens with zero attached hydrogens (tertiary/aromatic N) is 2. The van der Waals surface area contributed by atoms with Crippen LogP contribution in [0.1, 0.15) is 27.9 Å². The molecule has 0 aliphatic carbocycles. The van der Waals surface area contributed by atoms with Crippen LogP contribution in [0.25, 0.3) is 0 Å². The van der Waals surface area contributed by atoms with E-state index in [1.54, 1.807) is 6.92 Å². The number of nitro benzene ring substituents is 1. The van der Waals surface area contributed by atoms with Crippen molar-refractivity contribution in [2.45, 2.75) is 20.3 Å². The number of ketones is 1. The molecule has 1 amide bonds. The van der Waals surface area contributed by atoms with Gasteiger partial charge in [-0.25, -0.2) is 0 Å². The minimum atomic E-state index is -0.663. The van der Waals surface area contributed by atoms with Crippen LogP contribution in [-0.4, -0.2) is 35.7 Å². The average Bonchev–Trinajstić information content (AvgIpc) is 3.08. The Labute approximate surface area is 167 Å². The van der Waals surface area contributed by atoms with Gasteiger partial charge in [-0.05, 0) is 26.0 Å². The van der Waals surface area contributed by atoms with Crippen LogP contribution in [0.4, 0.5) is 11.4 Å². The van der Waals surface area contributed by atoms with E-state index in [1.165, 1.54) is 23.1 Å². The van der Waals surface area contributed by atoms with Crippen LogP contribution in [0.5, 0.6) is 0 Å². The maximum absolute atomic E-state index is 12.3. The molecule has 1 aliphatic heterocycles. The van der Waals surface area contributed by atoms with Gasteiger partial charge in [0.2, 0.25) is 11.7 Å². The van der Waals surface area contributed by atoms with Crippen molar-refractivity contribution < 1.29 is 24.0 Å². The molecular weight excluding hydrogens is 376 g/mol. The predicted molar refractivity (Wildman–Crippen MR) is 105 cm³/mol. The lowest BCUT2D eigenvalue weighted by atomic mass is 10.1. The number of Topliss-reactive ketones (excluding diaryl/α,β-unsaturated/α-hetero) is 1. The van der Waals surface area contributed by atoms with Gasteiger partial charge in [0.25, 0.3) is 5.69 Å². The quantitative estimate of drug-likeness (QED) is 0.322. The lowest BCUT2D eigenvalue weighted by Crippen LogP contribution is -2.27. The van der Waals surface area contributed by atoms with Gasteiger partial charge < -0.3 is 9.64 Å². The fourth-order valence-corrected chi connectivity index (χ4v) is 3.16. The number of aryl methyl sites for hydroxylation is 2. The number of hydrogen-bond acceptors (Lipinski definition) is 6. The molecule has 2 aromatic carbocycles. The van der Waals surface area contributed by atoms with Crippen molar-refractivity contribution >= 4 is 29.0 Å². The van der Waals surface area contributed by atoms with Crippen LogP contribution < -0.4 is 4.90 Å². The molecule has 0 spiro atoms. The van der Waals surface area contributed by atoms with E-state index in [-0.39, 0.29) is 30.1 Å². The largest absolute Gasteiger partial charge is 0.457 e. The topological polar surface area (TPSA) is 107 Å². The Morgan fingerprint density at radius 1 is 1.17 bits per heavy atom. The van der Waals surface area contributed by atoms with Crippen LogP contribution in [0.15, 0.2) is 42.5 Å². The van der Waals surface area contributed by atoms with Gasteiger partial charge in [-0.2, -0.15) is 0 Å². The Balaban J connectivity index is 1.60. The third-order valence-corrected chi connectivity index (χ3v) is 4.88. The van der Waals surface area contributed by atoms with E-state index in [1.807, 2.05) is 31.2 Å². The molecule has 1 saturated heterocycles. The lowest BCUT2D eigenvalue weighted by Gasteiger charge is -2.16. The number of ether oxygens (including phenoxy) is 1. The second kappa shape index (κ2) is 8.22. The van der Waals surface area contributed by atoms with E-state index in [2.05, 4.69) is 0 Å². The molecular formula is C21H20N2O6. The number of hydrogen-bond donors (Lipinski definition) is 0. The molecule has 0 aromatic heterocycles. The monoisotopic (exact) mass is 396 g/mol. The molecule has 2 aromatic rings. The van der Waals surface area contributed by atoms with Crippen molar-refractivity contribution in [2.75, 3.05) is 18.1 Å². The molecule has 1 aliphatic rings. The number of rotatable bonds is 6. The Morgan fingerprint density at radius 3 is 2.52 bits per heavy atom. The van der Waals surface area contributed by atoms with Crippen molar-refractivity contribution in [3.05, 3.63) is 69.3 Å².